The highest BCUT2D eigenvalue weighted by atomic mass is 16.6. The van der Waals surface area contributed by atoms with Crippen LogP contribution in [0.2, 0.25) is 0 Å². The highest BCUT2D eigenvalue weighted by Gasteiger charge is 2.17. The van der Waals surface area contributed by atoms with Crippen LogP contribution in [0.5, 0.6) is 11.5 Å². The molecule has 0 radical (unpaired) electrons. The Kier molecular flexibility index (Phi) is 4.45. The highest BCUT2D eigenvalue weighted by molar-refractivity contribution is 5.78. The van der Waals surface area contributed by atoms with E-state index in [4.69, 9.17) is 9.47 Å². The third kappa shape index (κ3) is 3.61. The molecule has 122 valence electrons. The zero-order valence-electron chi connectivity index (χ0n) is 13.2. The monoisotopic (exact) mass is 317 g/mol. The SMILES string of the molecule is Cc1nonc1CC(=O)N[C@H](C)c1ccc2c(c1)OCCCO2. The lowest BCUT2D eigenvalue weighted by atomic mass is 10.1. The van der Waals surface area contributed by atoms with Gasteiger partial charge in [-0.1, -0.05) is 16.4 Å². The summed E-state index contributed by atoms with van der Waals surface area (Å²) in [5.74, 6) is 1.33. The van der Waals surface area contributed by atoms with E-state index in [-0.39, 0.29) is 18.4 Å². The first-order valence-electron chi connectivity index (χ1n) is 7.60. The molecule has 1 aromatic carbocycles. The molecule has 0 saturated carbocycles. The Bertz CT molecular complexity index is 698. The van der Waals surface area contributed by atoms with Gasteiger partial charge in [0.15, 0.2) is 11.5 Å². The van der Waals surface area contributed by atoms with Crippen LogP contribution in [0.3, 0.4) is 0 Å². The van der Waals surface area contributed by atoms with Crippen LogP contribution in [-0.2, 0) is 11.2 Å². The van der Waals surface area contributed by atoms with Crippen molar-refractivity contribution in [3.63, 3.8) is 0 Å². The molecule has 1 N–H and O–H groups in total. The van der Waals surface area contributed by atoms with E-state index in [9.17, 15) is 4.79 Å². The number of aromatic nitrogens is 2. The number of benzene rings is 1. The Hall–Kier alpha value is -2.57. The van der Waals surface area contributed by atoms with Crippen molar-refractivity contribution >= 4 is 5.91 Å². The van der Waals surface area contributed by atoms with Gasteiger partial charge in [0.2, 0.25) is 5.91 Å². The molecular weight excluding hydrogens is 298 g/mol. The lowest BCUT2D eigenvalue weighted by molar-refractivity contribution is -0.121. The Labute approximate surface area is 133 Å². The van der Waals surface area contributed by atoms with Crippen LogP contribution < -0.4 is 14.8 Å². The van der Waals surface area contributed by atoms with Crippen molar-refractivity contribution in [2.24, 2.45) is 0 Å². The smallest absolute Gasteiger partial charge is 0.226 e. The number of amides is 1. The van der Waals surface area contributed by atoms with Crippen LogP contribution in [0.25, 0.3) is 0 Å². The van der Waals surface area contributed by atoms with E-state index in [1.165, 1.54) is 0 Å². The number of rotatable bonds is 4. The first-order chi connectivity index (χ1) is 11.1. The molecule has 0 saturated heterocycles. The lowest BCUT2D eigenvalue weighted by Gasteiger charge is -2.16. The summed E-state index contributed by atoms with van der Waals surface area (Å²) in [4.78, 5) is 12.1. The average molecular weight is 317 g/mol. The van der Waals surface area contributed by atoms with Gasteiger partial charge in [-0.2, -0.15) is 0 Å². The van der Waals surface area contributed by atoms with E-state index in [0.717, 1.165) is 23.5 Å². The van der Waals surface area contributed by atoms with Crippen molar-refractivity contribution in [3.05, 3.63) is 35.2 Å². The summed E-state index contributed by atoms with van der Waals surface area (Å²) in [7, 11) is 0. The van der Waals surface area contributed by atoms with Gasteiger partial charge in [-0.15, -0.1) is 0 Å². The van der Waals surface area contributed by atoms with E-state index < -0.39 is 0 Å². The minimum atomic E-state index is -0.153. The van der Waals surface area contributed by atoms with E-state index in [0.29, 0.717) is 24.6 Å². The Balaban J connectivity index is 1.66. The molecule has 1 aliphatic rings. The van der Waals surface area contributed by atoms with E-state index in [1.54, 1.807) is 6.92 Å². The maximum atomic E-state index is 12.1. The molecule has 23 heavy (non-hydrogen) atoms. The summed E-state index contributed by atoms with van der Waals surface area (Å²) < 4.78 is 15.9. The quantitative estimate of drug-likeness (QED) is 0.927. The molecule has 1 aromatic heterocycles. The van der Waals surface area contributed by atoms with E-state index in [1.807, 2.05) is 25.1 Å². The van der Waals surface area contributed by atoms with Crippen LogP contribution in [0, 0.1) is 6.92 Å². The molecule has 1 amide bonds. The summed E-state index contributed by atoms with van der Waals surface area (Å²) in [6.45, 7) is 4.97. The minimum absolute atomic E-state index is 0.136. The topological polar surface area (TPSA) is 86.5 Å². The molecule has 1 aliphatic heterocycles. The van der Waals surface area contributed by atoms with Gasteiger partial charge in [-0.05, 0) is 31.5 Å². The van der Waals surface area contributed by atoms with Crippen LogP contribution in [-0.4, -0.2) is 29.4 Å². The fourth-order valence-electron chi connectivity index (χ4n) is 2.39. The van der Waals surface area contributed by atoms with Gasteiger partial charge >= 0.3 is 0 Å². The molecule has 0 spiro atoms. The van der Waals surface area contributed by atoms with Gasteiger partial charge in [-0.25, -0.2) is 4.63 Å². The van der Waals surface area contributed by atoms with Gasteiger partial charge in [0.25, 0.3) is 0 Å². The van der Waals surface area contributed by atoms with Crippen LogP contribution >= 0.6 is 0 Å². The third-order valence-electron chi connectivity index (χ3n) is 3.72. The Morgan fingerprint density at radius 2 is 2.04 bits per heavy atom. The van der Waals surface area contributed by atoms with Crippen molar-refractivity contribution in [2.45, 2.75) is 32.7 Å². The number of hydrogen-bond acceptors (Lipinski definition) is 6. The molecular formula is C16H19N3O4. The van der Waals surface area contributed by atoms with E-state index in [2.05, 4.69) is 20.3 Å². The molecule has 0 bridgehead atoms. The van der Waals surface area contributed by atoms with Crippen molar-refractivity contribution in [1.82, 2.24) is 15.6 Å². The standard InChI is InChI=1S/C16H19N3O4/c1-10(17-16(20)9-13-11(2)18-23-19-13)12-4-5-14-15(8-12)22-7-3-6-21-14/h4-5,8,10H,3,6-7,9H2,1-2H3,(H,17,20)/t10-/m1/s1. The molecule has 0 unspecified atom stereocenters. The summed E-state index contributed by atoms with van der Waals surface area (Å²) in [6.07, 6.45) is 1.01. The lowest BCUT2D eigenvalue weighted by Crippen LogP contribution is -2.28. The number of fused-ring (bicyclic) bond motifs is 1. The predicted octanol–water partition coefficient (Wildman–Crippen LogP) is 1.96. The maximum absolute atomic E-state index is 12.1. The molecule has 1 atom stereocenters. The Morgan fingerprint density at radius 3 is 2.78 bits per heavy atom. The molecule has 0 fully saturated rings. The summed E-state index contributed by atoms with van der Waals surface area (Å²) in [5.41, 5.74) is 2.13. The molecule has 2 heterocycles. The fraction of sp³-hybridized carbons (Fsp3) is 0.438. The summed E-state index contributed by atoms with van der Waals surface area (Å²) >= 11 is 0. The third-order valence-corrected chi connectivity index (χ3v) is 3.72. The normalized spacial score (nSPS) is 14.9. The van der Waals surface area contributed by atoms with Gasteiger partial charge < -0.3 is 14.8 Å². The predicted molar refractivity (Wildman–Crippen MR) is 81.3 cm³/mol. The number of nitrogens with one attached hydrogen (secondary N) is 1. The highest BCUT2D eigenvalue weighted by Crippen LogP contribution is 2.32. The average Bonchev–Trinajstić information content (AvgIpc) is 2.80. The Morgan fingerprint density at radius 1 is 1.26 bits per heavy atom. The number of ether oxygens (including phenoxy) is 2. The van der Waals surface area contributed by atoms with Gasteiger partial charge in [0.05, 0.1) is 25.7 Å². The van der Waals surface area contributed by atoms with Crippen LogP contribution in [0.4, 0.5) is 0 Å². The van der Waals surface area contributed by atoms with Gasteiger partial charge in [-0.3, -0.25) is 4.79 Å². The summed E-state index contributed by atoms with van der Waals surface area (Å²) in [6, 6.07) is 5.57. The molecule has 7 nitrogen and oxygen atoms in total. The number of nitrogens with zero attached hydrogens (tertiary/aromatic N) is 2. The first kappa shape index (κ1) is 15.3. The van der Waals surface area contributed by atoms with Gasteiger partial charge in [0.1, 0.15) is 11.4 Å². The zero-order chi connectivity index (χ0) is 16.2. The van der Waals surface area contributed by atoms with E-state index >= 15 is 0 Å². The molecule has 3 rings (SSSR count). The largest absolute Gasteiger partial charge is 0.490 e. The number of hydrogen-bond donors (Lipinski definition) is 1. The number of carbonyl (C=O) groups excluding carboxylic acids is 1. The van der Waals surface area contributed by atoms with Crippen molar-refractivity contribution < 1.29 is 18.9 Å². The maximum Gasteiger partial charge on any atom is 0.226 e. The molecule has 0 aliphatic carbocycles. The second kappa shape index (κ2) is 6.68. The zero-order valence-corrected chi connectivity index (χ0v) is 13.2. The van der Waals surface area contributed by atoms with Crippen molar-refractivity contribution in [2.75, 3.05) is 13.2 Å². The summed E-state index contributed by atoms with van der Waals surface area (Å²) in [5, 5.41) is 10.3. The van der Waals surface area contributed by atoms with Crippen LogP contribution in [0.1, 0.15) is 36.3 Å². The van der Waals surface area contributed by atoms with Crippen molar-refractivity contribution in [1.29, 1.82) is 0 Å². The second-order valence-electron chi connectivity index (χ2n) is 5.52. The second-order valence-corrected chi connectivity index (χ2v) is 5.52. The van der Waals surface area contributed by atoms with Crippen molar-refractivity contribution in [3.8, 4) is 11.5 Å². The minimum Gasteiger partial charge on any atom is -0.490 e. The molecule has 7 heteroatoms. The number of carbonyl (C=O) groups is 1. The number of aryl methyl sites for hydroxylation is 1. The van der Waals surface area contributed by atoms with Gasteiger partial charge in [0, 0.05) is 6.42 Å². The molecule has 2 aromatic rings. The first-order valence-corrected chi connectivity index (χ1v) is 7.60. The van der Waals surface area contributed by atoms with Crippen LogP contribution in [0.15, 0.2) is 22.8 Å². The fourth-order valence-corrected chi connectivity index (χ4v) is 2.39.